The molecule has 0 heterocycles. The van der Waals surface area contributed by atoms with Gasteiger partial charge in [0.25, 0.3) is 0 Å². The van der Waals surface area contributed by atoms with E-state index in [0.29, 0.717) is 22.9 Å². The average molecular weight is 341 g/mol. The van der Waals surface area contributed by atoms with Gasteiger partial charge in [0.15, 0.2) is 0 Å². The highest BCUT2D eigenvalue weighted by Crippen LogP contribution is 2.58. The largest absolute Gasteiger partial charge is 0.397 e. The van der Waals surface area contributed by atoms with Crippen LogP contribution in [0.2, 0.25) is 11.1 Å². The molecule has 2 fully saturated rings. The van der Waals surface area contributed by atoms with Gasteiger partial charge < -0.3 is 8.85 Å². The summed E-state index contributed by atoms with van der Waals surface area (Å²) < 4.78 is 12.9. The van der Waals surface area contributed by atoms with Crippen molar-refractivity contribution in [3.63, 3.8) is 0 Å². The highest BCUT2D eigenvalue weighted by atomic mass is 28.4. The van der Waals surface area contributed by atoms with Crippen molar-refractivity contribution in [1.29, 1.82) is 0 Å². The molecule has 2 nitrogen and oxygen atoms in total. The van der Waals surface area contributed by atoms with E-state index in [0.717, 1.165) is 23.7 Å². The molecule has 0 aliphatic heterocycles. The molecule has 0 aromatic carbocycles. The molecule has 23 heavy (non-hydrogen) atoms. The zero-order valence-corrected chi connectivity index (χ0v) is 17.8. The first kappa shape index (κ1) is 19.5. The van der Waals surface area contributed by atoms with Crippen LogP contribution in [0.1, 0.15) is 67.2 Å². The van der Waals surface area contributed by atoms with Crippen LogP contribution in [0.25, 0.3) is 0 Å². The molecular weight excluding hydrogens is 300 g/mol. The van der Waals surface area contributed by atoms with Crippen molar-refractivity contribution < 1.29 is 8.85 Å². The zero-order chi connectivity index (χ0) is 17.4. The van der Waals surface area contributed by atoms with Gasteiger partial charge in [0.1, 0.15) is 0 Å². The molecule has 0 aromatic heterocycles. The fourth-order valence-corrected chi connectivity index (χ4v) is 11.8. The smallest absolute Gasteiger partial charge is 0.345 e. The predicted molar refractivity (Wildman–Crippen MR) is 101 cm³/mol. The van der Waals surface area contributed by atoms with Crippen LogP contribution < -0.4 is 0 Å². The summed E-state index contributed by atoms with van der Waals surface area (Å²) in [6, 6.07) is 0. The Balaban J connectivity index is 2.44. The second kappa shape index (κ2) is 7.57. The molecule has 0 saturated heterocycles. The van der Waals surface area contributed by atoms with E-state index in [-0.39, 0.29) is 0 Å². The molecular formula is C20H40O2Si. The Bertz CT molecular complexity index is 350. The number of hydrogen-bond donors (Lipinski definition) is 0. The van der Waals surface area contributed by atoms with Crippen LogP contribution in [-0.4, -0.2) is 22.8 Å². The summed E-state index contributed by atoms with van der Waals surface area (Å²) in [4.78, 5) is 0. The lowest BCUT2D eigenvalue weighted by Crippen LogP contribution is -2.59. The fraction of sp³-hybridized carbons (Fsp3) is 1.00. The van der Waals surface area contributed by atoms with Gasteiger partial charge >= 0.3 is 8.56 Å². The zero-order valence-electron chi connectivity index (χ0n) is 16.8. The van der Waals surface area contributed by atoms with Crippen molar-refractivity contribution in [2.45, 2.75) is 78.3 Å². The van der Waals surface area contributed by atoms with Gasteiger partial charge in [0, 0.05) is 25.3 Å². The minimum atomic E-state index is -2.28. The standard InChI is InChI=1S/C20H40O2Si/c1-13-9-11-15(3)19(17(13)5)23(21-7,22-8)20-16(4)12-10-14(2)18(20)6/h13-20H,9-12H2,1-8H3. The van der Waals surface area contributed by atoms with E-state index >= 15 is 0 Å². The maximum atomic E-state index is 6.46. The van der Waals surface area contributed by atoms with Crippen LogP contribution in [0.4, 0.5) is 0 Å². The molecule has 136 valence electrons. The van der Waals surface area contributed by atoms with Crippen molar-refractivity contribution in [2.75, 3.05) is 14.2 Å². The number of rotatable bonds is 4. The minimum Gasteiger partial charge on any atom is -0.397 e. The van der Waals surface area contributed by atoms with E-state index in [9.17, 15) is 0 Å². The van der Waals surface area contributed by atoms with Gasteiger partial charge in [-0.2, -0.15) is 0 Å². The van der Waals surface area contributed by atoms with Crippen LogP contribution in [0.15, 0.2) is 0 Å². The van der Waals surface area contributed by atoms with Gasteiger partial charge in [0.2, 0.25) is 0 Å². The van der Waals surface area contributed by atoms with Crippen LogP contribution in [0.5, 0.6) is 0 Å². The minimum absolute atomic E-state index is 0.626. The molecule has 0 spiro atoms. The topological polar surface area (TPSA) is 18.5 Å². The Labute approximate surface area is 146 Å². The van der Waals surface area contributed by atoms with Crippen LogP contribution in [0.3, 0.4) is 0 Å². The van der Waals surface area contributed by atoms with Gasteiger partial charge in [-0.1, -0.05) is 67.2 Å². The second-order valence-corrected chi connectivity index (χ2v) is 12.6. The highest BCUT2D eigenvalue weighted by molar-refractivity contribution is 6.70. The summed E-state index contributed by atoms with van der Waals surface area (Å²) in [5.41, 5.74) is 1.25. The van der Waals surface area contributed by atoms with E-state index in [4.69, 9.17) is 8.85 Å². The lowest BCUT2D eigenvalue weighted by molar-refractivity contribution is 0.101. The summed E-state index contributed by atoms with van der Waals surface area (Å²) in [5, 5.41) is 0. The third-order valence-electron chi connectivity index (χ3n) is 7.88. The van der Waals surface area contributed by atoms with Gasteiger partial charge in [-0.05, 0) is 35.5 Å². The summed E-state index contributed by atoms with van der Waals surface area (Å²) >= 11 is 0. The Morgan fingerprint density at radius 3 is 1.17 bits per heavy atom. The lowest BCUT2D eigenvalue weighted by atomic mass is 9.75. The van der Waals surface area contributed by atoms with Crippen molar-refractivity contribution in [1.82, 2.24) is 0 Å². The molecule has 3 heteroatoms. The molecule has 8 atom stereocenters. The number of hydrogen-bond acceptors (Lipinski definition) is 2. The van der Waals surface area contributed by atoms with Crippen LogP contribution >= 0.6 is 0 Å². The Kier molecular flexibility index (Phi) is 6.41. The quantitative estimate of drug-likeness (QED) is 0.596. The van der Waals surface area contributed by atoms with Crippen molar-refractivity contribution in [3.8, 4) is 0 Å². The van der Waals surface area contributed by atoms with Crippen molar-refractivity contribution >= 4 is 8.56 Å². The predicted octanol–water partition coefficient (Wildman–Crippen LogP) is 5.87. The third-order valence-corrected chi connectivity index (χ3v) is 13.2. The van der Waals surface area contributed by atoms with Gasteiger partial charge in [0.05, 0.1) is 0 Å². The third kappa shape index (κ3) is 3.30. The first-order valence-electron chi connectivity index (χ1n) is 9.90. The molecule has 0 amide bonds. The van der Waals surface area contributed by atoms with E-state index in [1.54, 1.807) is 0 Å². The summed E-state index contributed by atoms with van der Waals surface area (Å²) in [6.45, 7) is 14.7. The Hall–Kier alpha value is 0.137. The molecule has 0 aromatic rings. The Morgan fingerprint density at radius 2 is 0.870 bits per heavy atom. The summed E-state index contributed by atoms with van der Waals surface area (Å²) in [5.74, 6) is 4.46. The molecule has 2 saturated carbocycles. The van der Waals surface area contributed by atoms with Gasteiger partial charge in [-0.25, -0.2) is 0 Å². The van der Waals surface area contributed by atoms with Crippen molar-refractivity contribution in [2.24, 2.45) is 35.5 Å². The van der Waals surface area contributed by atoms with Crippen LogP contribution in [-0.2, 0) is 8.85 Å². The van der Waals surface area contributed by atoms with E-state index in [1.165, 1.54) is 25.7 Å². The van der Waals surface area contributed by atoms with E-state index < -0.39 is 8.56 Å². The maximum Gasteiger partial charge on any atom is 0.345 e. The monoisotopic (exact) mass is 340 g/mol. The van der Waals surface area contributed by atoms with Gasteiger partial charge in [-0.15, -0.1) is 0 Å². The molecule has 2 aliphatic rings. The first-order valence-corrected chi connectivity index (χ1v) is 11.9. The van der Waals surface area contributed by atoms with Crippen LogP contribution in [0, 0.1) is 35.5 Å². The summed E-state index contributed by atoms with van der Waals surface area (Å²) in [7, 11) is 1.63. The molecule has 8 unspecified atom stereocenters. The van der Waals surface area contributed by atoms with Gasteiger partial charge in [-0.3, -0.25) is 0 Å². The second-order valence-electron chi connectivity index (χ2n) is 8.96. The molecule has 0 radical (unpaired) electrons. The maximum absolute atomic E-state index is 6.46. The van der Waals surface area contributed by atoms with E-state index in [2.05, 4.69) is 41.5 Å². The molecule has 0 bridgehead atoms. The average Bonchev–Trinajstić information content (AvgIpc) is 2.53. The lowest BCUT2D eigenvalue weighted by Gasteiger charge is -2.54. The van der Waals surface area contributed by atoms with Crippen molar-refractivity contribution in [3.05, 3.63) is 0 Å². The molecule has 2 rings (SSSR count). The first-order chi connectivity index (χ1) is 10.8. The summed E-state index contributed by atoms with van der Waals surface area (Å²) in [6.07, 6.45) is 5.40. The highest BCUT2D eigenvalue weighted by Gasteiger charge is 2.60. The van der Waals surface area contributed by atoms with E-state index in [1.807, 2.05) is 14.2 Å². The normalized spacial score (nSPS) is 45.9. The fourth-order valence-electron chi connectivity index (χ4n) is 6.06. The molecule has 2 aliphatic carbocycles. The molecule has 0 N–H and O–H groups in total. The SMILES string of the molecule is CO[Si](OC)(C1C(C)CCC(C)C1C)C1C(C)CCC(C)C1C. The Morgan fingerprint density at radius 1 is 0.565 bits per heavy atom.